The van der Waals surface area contributed by atoms with E-state index in [2.05, 4.69) is 4.90 Å². The molecule has 5 heteroatoms. The van der Waals surface area contributed by atoms with Crippen LogP contribution < -0.4 is 9.47 Å². The smallest absolute Gasteiger partial charge is 0.335 e. The van der Waals surface area contributed by atoms with Gasteiger partial charge < -0.3 is 14.6 Å². The van der Waals surface area contributed by atoms with Crippen molar-refractivity contribution in [2.24, 2.45) is 0 Å². The van der Waals surface area contributed by atoms with Crippen LogP contribution in [-0.2, 0) is 6.54 Å². The maximum Gasteiger partial charge on any atom is 0.335 e. The molecule has 1 atom stereocenters. The van der Waals surface area contributed by atoms with Gasteiger partial charge in [-0.05, 0) is 49.2 Å². The molecule has 132 valence electrons. The van der Waals surface area contributed by atoms with Gasteiger partial charge in [0.25, 0.3) is 0 Å². The Morgan fingerprint density at radius 3 is 2.56 bits per heavy atom. The first kappa shape index (κ1) is 17.3. The summed E-state index contributed by atoms with van der Waals surface area (Å²) in [6.45, 7) is 2.66. The van der Waals surface area contributed by atoms with Crippen LogP contribution >= 0.6 is 0 Å². The van der Waals surface area contributed by atoms with Gasteiger partial charge >= 0.3 is 5.97 Å². The van der Waals surface area contributed by atoms with Crippen LogP contribution in [0.5, 0.6) is 11.5 Å². The Morgan fingerprint density at radius 1 is 1.16 bits per heavy atom. The number of para-hydroxylation sites is 2. The van der Waals surface area contributed by atoms with Crippen molar-refractivity contribution in [3.05, 3.63) is 59.7 Å². The minimum Gasteiger partial charge on any atom is -0.493 e. The van der Waals surface area contributed by atoms with Gasteiger partial charge in [0.2, 0.25) is 0 Å². The summed E-state index contributed by atoms with van der Waals surface area (Å²) in [5.41, 5.74) is 1.43. The second-order valence-electron chi connectivity index (χ2n) is 6.27. The summed E-state index contributed by atoms with van der Waals surface area (Å²) in [6, 6.07) is 14.8. The predicted octanol–water partition coefficient (Wildman–Crippen LogP) is 3.44. The quantitative estimate of drug-likeness (QED) is 0.872. The third kappa shape index (κ3) is 4.51. The second kappa shape index (κ2) is 8.03. The number of carboxylic acid groups (broad SMARTS) is 1. The lowest BCUT2D eigenvalue weighted by Gasteiger charge is -2.33. The first-order chi connectivity index (χ1) is 12.2. The second-order valence-corrected chi connectivity index (χ2v) is 6.27. The van der Waals surface area contributed by atoms with Crippen LogP contribution in [0.3, 0.4) is 0 Å². The molecule has 0 radical (unpaired) electrons. The zero-order chi connectivity index (χ0) is 17.6. The number of likely N-dealkylation sites (tertiary alicyclic amines) is 1. The van der Waals surface area contributed by atoms with E-state index in [9.17, 15) is 4.79 Å². The Hall–Kier alpha value is -2.53. The van der Waals surface area contributed by atoms with E-state index in [0.717, 1.165) is 49.5 Å². The van der Waals surface area contributed by atoms with Gasteiger partial charge in [-0.15, -0.1) is 0 Å². The maximum absolute atomic E-state index is 10.9. The van der Waals surface area contributed by atoms with E-state index in [1.165, 1.54) is 0 Å². The minimum atomic E-state index is -0.894. The molecule has 0 spiro atoms. The molecule has 0 saturated carbocycles. The van der Waals surface area contributed by atoms with E-state index in [0.29, 0.717) is 5.56 Å². The molecule has 5 nitrogen and oxygen atoms in total. The van der Waals surface area contributed by atoms with Gasteiger partial charge in [0.1, 0.15) is 6.10 Å². The average Bonchev–Trinajstić information content (AvgIpc) is 2.63. The number of ether oxygens (including phenoxy) is 2. The summed E-state index contributed by atoms with van der Waals surface area (Å²) in [4.78, 5) is 13.3. The Balaban J connectivity index is 1.60. The fraction of sp³-hybridized carbons (Fsp3) is 0.350. The molecule has 2 aromatic rings. The monoisotopic (exact) mass is 341 g/mol. The number of piperidine rings is 1. The van der Waals surface area contributed by atoms with E-state index < -0.39 is 5.97 Å². The van der Waals surface area contributed by atoms with Crippen molar-refractivity contribution in [2.45, 2.75) is 25.5 Å². The van der Waals surface area contributed by atoms with Gasteiger partial charge in [-0.1, -0.05) is 24.3 Å². The van der Waals surface area contributed by atoms with Gasteiger partial charge in [0, 0.05) is 13.1 Å². The summed E-state index contributed by atoms with van der Waals surface area (Å²) >= 11 is 0. The van der Waals surface area contributed by atoms with Crippen LogP contribution in [0.2, 0.25) is 0 Å². The summed E-state index contributed by atoms with van der Waals surface area (Å²) in [7, 11) is 1.65. The molecule has 3 rings (SSSR count). The highest BCUT2D eigenvalue weighted by Crippen LogP contribution is 2.28. The molecular formula is C20H23NO4. The number of nitrogens with zero attached hydrogens (tertiary/aromatic N) is 1. The molecular weight excluding hydrogens is 318 g/mol. The van der Waals surface area contributed by atoms with Gasteiger partial charge in [-0.3, -0.25) is 4.90 Å². The summed E-state index contributed by atoms with van der Waals surface area (Å²) in [5, 5.41) is 8.98. The fourth-order valence-electron chi connectivity index (χ4n) is 3.16. The van der Waals surface area contributed by atoms with E-state index in [1.807, 2.05) is 36.4 Å². The van der Waals surface area contributed by atoms with Crippen molar-refractivity contribution in [2.75, 3.05) is 20.2 Å². The van der Waals surface area contributed by atoms with Crippen LogP contribution in [0, 0.1) is 0 Å². The third-order valence-electron chi connectivity index (χ3n) is 4.43. The predicted molar refractivity (Wildman–Crippen MR) is 95.3 cm³/mol. The number of hydrogen-bond acceptors (Lipinski definition) is 4. The molecule has 0 amide bonds. The molecule has 1 fully saturated rings. The van der Waals surface area contributed by atoms with Gasteiger partial charge in [0.05, 0.1) is 12.7 Å². The fourth-order valence-corrected chi connectivity index (χ4v) is 3.16. The summed E-state index contributed by atoms with van der Waals surface area (Å²) < 4.78 is 11.5. The zero-order valence-electron chi connectivity index (χ0n) is 14.4. The van der Waals surface area contributed by atoms with E-state index in [-0.39, 0.29) is 6.10 Å². The largest absolute Gasteiger partial charge is 0.493 e. The van der Waals surface area contributed by atoms with Crippen LogP contribution in [0.4, 0.5) is 0 Å². The minimum absolute atomic E-state index is 0.128. The molecule has 2 aromatic carbocycles. The Morgan fingerprint density at radius 2 is 1.88 bits per heavy atom. The van der Waals surface area contributed by atoms with E-state index >= 15 is 0 Å². The number of carboxylic acids is 1. The van der Waals surface area contributed by atoms with Crippen molar-refractivity contribution >= 4 is 5.97 Å². The van der Waals surface area contributed by atoms with Gasteiger partial charge in [-0.25, -0.2) is 4.79 Å². The van der Waals surface area contributed by atoms with E-state index in [4.69, 9.17) is 14.6 Å². The molecule has 1 unspecified atom stereocenters. The first-order valence-corrected chi connectivity index (χ1v) is 8.50. The lowest BCUT2D eigenvalue weighted by atomic mass is 10.1. The molecule has 0 aliphatic carbocycles. The van der Waals surface area contributed by atoms with E-state index in [1.54, 1.807) is 19.2 Å². The van der Waals surface area contributed by atoms with Crippen molar-refractivity contribution in [3.63, 3.8) is 0 Å². The van der Waals surface area contributed by atoms with Crippen LogP contribution in [0.1, 0.15) is 28.8 Å². The number of aromatic carboxylic acids is 1. The average molecular weight is 341 g/mol. The van der Waals surface area contributed by atoms with Crippen LogP contribution in [-0.4, -0.2) is 42.3 Å². The van der Waals surface area contributed by atoms with Crippen molar-refractivity contribution < 1.29 is 19.4 Å². The van der Waals surface area contributed by atoms with Gasteiger partial charge in [-0.2, -0.15) is 0 Å². The molecule has 0 bridgehead atoms. The Bertz CT molecular complexity index is 714. The number of benzene rings is 2. The molecule has 1 heterocycles. The molecule has 0 aromatic heterocycles. The third-order valence-corrected chi connectivity index (χ3v) is 4.43. The zero-order valence-corrected chi connectivity index (χ0v) is 14.4. The highest BCUT2D eigenvalue weighted by Gasteiger charge is 2.22. The molecule has 25 heavy (non-hydrogen) atoms. The van der Waals surface area contributed by atoms with Crippen molar-refractivity contribution in [1.29, 1.82) is 0 Å². The SMILES string of the molecule is COc1ccccc1OC1CCCN(Cc2ccc(C(=O)O)cc2)C1. The van der Waals surface area contributed by atoms with Gasteiger partial charge in [0.15, 0.2) is 11.5 Å². The van der Waals surface area contributed by atoms with Crippen molar-refractivity contribution in [3.8, 4) is 11.5 Å². The molecule has 1 N–H and O–H groups in total. The molecule has 1 aliphatic rings. The normalized spacial score (nSPS) is 17.9. The Labute approximate surface area is 147 Å². The Kier molecular flexibility index (Phi) is 5.56. The lowest BCUT2D eigenvalue weighted by Crippen LogP contribution is -2.40. The topological polar surface area (TPSA) is 59.0 Å². The number of rotatable bonds is 6. The highest BCUT2D eigenvalue weighted by molar-refractivity contribution is 5.87. The van der Waals surface area contributed by atoms with Crippen molar-refractivity contribution in [1.82, 2.24) is 4.90 Å². The maximum atomic E-state index is 10.9. The molecule has 1 aliphatic heterocycles. The summed E-state index contributed by atoms with van der Waals surface area (Å²) in [6.07, 6.45) is 2.22. The number of carbonyl (C=O) groups is 1. The molecule has 1 saturated heterocycles. The highest BCUT2D eigenvalue weighted by atomic mass is 16.5. The van der Waals surface area contributed by atoms with Crippen LogP contribution in [0.25, 0.3) is 0 Å². The standard InChI is InChI=1S/C20H23NO4/c1-24-18-6-2-3-7-19(18)25-17-5-4-12-21(14-17)13-15-8-10-16(11-9-15)20(22)23/h2-3,6-11,17H,4-5,12-14H2,1H3,(H,22,23). The lowest BCUT2D eigenvalue weighted by molar-refractivity contribution is 0.0697. The first-order valence-electron chi connectivity index (χ1n) is 8.50. The summed E-state index contributed by atoms with van der Waals surface area (Å²) in [5.74, 6) is 0.640. The number of hydrogen-bond donors (Lipinski definition) is 1. The van der Waals surface area contributed by atoms with Crippen LogP contribution in [0.15, 0.2) is 48.5 Å². The number of methoxy groups -OCH3 is 1.